The summed E-state index contributed by atoms with van der Waals surface area (Å²) in [5.74, 6) is 0. The fourth-order valence-corrected chi connectivity index (χ4v) is 3.17. The Hall–Kier alpha value is -1.32. The minimum Gasteiger partial charge on any atom is -0.377 e. The SMILES string of the molecule is Cc1cc(C(CN)Nc2ccccc2C)c(C)s1. The van der Waals surface area contributed by atoms with Gasteiger partial charge >= 0.3 is 0 Å². The number of thiophene rings is 1. The van der Waals surface area contributed by atoms with E-state index in [1.165, 1.54) is 20.9 Å². The Balaban J connectivity index is 2.25. The van der Waals surface area contributed by atoms with Crippen molar-refractivity contribution in [1.82, 2.24) is 0 Å². The maximum atomic E-state index is 5.92. The molecule has 0 bridgehead atoms. The Morgan fingerprint density at radius 1 is 1.22 bits per heavy atom. The van der Waals surface area contributed by atoms with Crippen LogP contribution in [0.15, 0.2) is 30.3 Å². The van der Waals surface area contributed by atoms with Crippen molar-refractivity contribution in [2.75, 3.05) is 11.9 Å². The lowest BCUT2D eigenvalue weighted by Crippen LogP contribution is -2.21. The van der Waals surface area contributed by atoms with Gasteiger partial charge in [-0.3, -0.25) is 0 Å². The predicted octanol–water partition coefficient (Wildman–Crippen LogP) is 3.79. The van der Waals surface area contributed by atoms with Gasteiger partial charge < -0.3 is 11.1 Å². The molecule has 0 fully saturated rings. The molecule has 0 aliphatic heterocycles. The van der Waals surface area contributed by atoms with Gasteiger partial charge in [-0.1, -0.05) is 18.2 Å². The molecule has 2 aromatic rings. The summed E-state index contributed by atoms with van der Waals surface area (Å²) in [6.07, 6.45) is 0. The van der Waals surface area contributed by atoms with Crippen molar-refractivity contribution in [3.63, 3.8) is 0 Å². The van der Waals surface area contributed by atoms with E-state index in [0.29, 0.717) is 6.54 Å². The third-order valence-corrected chi connectivity index (χ3v) is 4.15. The zero-order chi connectivity index (χ0) is 13.1. The maximum Gasteiger partial charge on any atom is 0.0647 e. The number of nitrogens with two attached hydrogens (primary N) is 1. The van der Waals surface area contributed by atoms with Gasteiger partial charge in [-0.05, 0) is 44.0 Å². The van der Waals surface area contributed by atoms with Crippen LogP contribution in [0.1, 0.15) is 26.9 Å². The molecule has 0 spiro atoms. The molecule has 18 heavy (non-hydrogen) atoms. The highest BCUT2D eigenvalue weighted by atomic mass is 32.1. The van der Waals surface area contributed by atoms with E-state index < -0.39 is 0 Å². The van der Waals surface area contributed by atoms with Crippen molar-refractivity contribution in [2.24, 2.45) is 5.73 Å². The van der Waals surface area contributed by atoms with E-state index >= 15 is 0 Å². The monoisotopic (exact) mass is 260 g/mol. The molecule has 2 rings (SSSR count). The standard InChI is InChI=1S/C15H20N2S/c1-10-6-4-5-7-14(10)17-15(9-16)13-8-11(2)18-12(13)3/h4-8,15,17H,9,16H2,1-3H3. The van der Waals surface area contributed by atoms with Crippen LogP contribution in [0.5, 0.6) is 0 Å². The summed E-state index contributed by atoms with van der Waals surface area (Å²) in [5.41, 5.74) is 9.66. The van der Waals surface area contributed by atoms with Crippen LogP contribution in [0, 0.1) is 20.8 Å². The number of anilines is 1. The number of benzene rings is 1. The molecular formula is C15H20N2S. The van der Waals surface area contributed by atoms with Gasteiger partial charge in [-0.15, -0.1) is 11.3 Å². The first-order valence-corrected chi connectivity index (χ1v) is 7.02. The van der Waals surface area contributed by atoms with Crippen LogP contribution in [-0.2, 0) is 0 Å². The second kappa shape index (κ2) is 5.55. The van der Waals surface area contributed by atoms with Gasteiger partial charge in [0, 0.05) is 22.0 Å². The Morgan fingerprint density at radius 2 is 1.94 bits per heavy atom. The van der Waals surface area contributed by atoms with Crippen molar-refractivity contribution < 1.29 is 0 Å². The molecule has 1 heterocycles. The molecule has 0 aliphatic rings. The lowest BCUT2D eigenvalue weighted by molar-refractivity contribution is 0.787. The van der Waals surface area contributed by atoms with Crippen molar-refractivity contribution >= 4 is 17.0 Å². The molecule has 1 atom stereocenters. The number of rotatable bonds is 4. The topological polar surface area (TPSA) is 38.0 Å². The zero-order valence-electron chi connectivity index (χ0n) is 11.2. The molecule has 1 aromatic carbocycles. The molecular weight excluding hydrogens is 240 g/mol. The van der Waals surface area contributed by atoms with Crippen LogP contribution < -0.4 is 11.1 Å². The van der Waals surface area contributed by atoms with E-state index in [9.17, 15) is 0 Å². The minimum absolute atomic E-state index is 0.191. The molecule has 96 valence electrons. The Bertz CT molecular complexity index is 531. The third-order valence-electron chi connectivity index (χ3n) is 3.17. The quantitative estimate of drug-likeness (QED) is 0.878. The second-order valence-corrected chi connectivity index (χ2v) is 6.08. The molecule has 2 nitrogen and oxygen atoms in total. The Labute approximate surface area is 113 Å². The molecule has 1 unspecified atom stereocenters. The highest BCUT2D eigenvalue weighted by molar-refractivity contribution is 7.12. The van der Waals surface area contributed by atoms with Crippen LogP contribution in [-0.4, -0.2) is 6.54 Å². The van der Waals surface area contributed by atoms with Crippen LogP contribution in [0.3, 0.4) is 0 Å². The number of nitrogens with one attached hydrogen (secondary N) is 1. The van der Waals surface area contributed by atoms with E-state index in [-0.39, 0.29) is 6.04 Å². The van der Waals surface area contributed by atoms with Gasteiger partial charge in [0.2, 0.25) is 0 Å². The van der Waals surface area contributed by atoms with Gasteiger partial charge in [-0.25, -0.2) is 0 Å². The van der Waals surface area contributed by atoms with Gasteiger partial charge in [0.15, 0.2) is 0 Å². The fraction of sp³-hybridized carbons (Fsp3) is 0.333. The first kappa shape index (κ1) is 13.1. The first-order valence-electron chi connectivity index (χ1n) is 6.21. The molecule has 0 aliphatic carbocycles. The highest BCUT2D eigenvalue weighted by Gasteiger charge is 2.14. The number of hydrogen-bond donors (Lipinski definition) is 2. The Kier molecular flexibility index (Phi) is 4.04. The lowest BCUT2D eigenvalue weighted by atomic mass is 10.1. The van der Waals surface area contributed by atoms with E-state index in [2.05, 4.69) is 56.4 Å². The average molecular weight is 260 g/mol. The van der Waals surface area contributed by atoms with Crippen molar-refractivity contribution in [3.05, 3.63) is 51.2 Å². The summed E-state index contributed by atoms with van der Waals surface area (Å²) in [6, 6.07) is 10.7. The summed E-state index contributed by atoms with van der Waals surface area (Å²) in [7, 11) is 0. The summed E-state index contributed by atoms with van der Waals surface area (Å²) >= 11 is 1.83. The van der Waals surface area contributed by atoms with Gasteiger partial charge in [0.05, 0.1) is 6.04 Å². The highest BCUT2D eigenvalue weighted by Crippen LogP contribution is 2.29. The number of aryl methyl sites for hydroxylation is 3. The molecule has 3 heteroatoms. The second-order valence-electron chi connectivity index (χ2n) is 4.62. The summed E-state index contributed by atoms with van der Waals surface area (Å²) in [5, 5.41) is 3.55. The maximum absolute atomic E-state index is 5.92. The van der Waals surface area contributed by atoms with Gasteiger partial charge in [0.1, 0.15) is 0 Å². The van der Waals surface area contributed by atoms with Crippen LogP contribution >= 0.6 is 11.3 Å². The van der Waals surface area contributed by atoms with Crippen molar-refractivity contribution in [1.29, 1.82) is 0 Å². The third kappa shape index (κ3) is 2.74. The van der Waals surface area contributed by atoms with Gasteiger partial charge in [-0.2, -0.15) is 0 Å². The summed E-state index contributed by atoms with van der Waals surface area (Å²) in [4.78, 5) is 2.69. The van der Waals surface area contributed by atoms with Crippen molar-refractivity contribution in [2.45, 2.75) is 26.8 Å². The summed E-state index contributed by atoms with van der Waals surface area (Å²) in [6.45, 7) is 7.02. The minimum atomic E-state index is 0.191. The van der Waals surface area contributed by atoms with Crippen LogP contribution in [0.4, 0.5) is 5.69 Å². The lowest BCUT2D eigenvalue weighted by Gasteiger charge is -2.19. The van der Waals surface area contributed by atoms with Gasteiger partial charge in [0.25, 0.3) is 0 Å². The normalized spacial score (nSPS) is 12.4. The molecule has 0 saturated carbocycles. The Morgan fingerprint density at radius 3 is 2.50 bits per heavy atom. The first-order chi connectivity index (χ1) is 8.61. The zero-order valence-corrected chi connectivity index (χ0v) is 12.0. The van der Waals surface area contributed by atoms with Crippen LogP contribution in [0.2, 0.25) is 0 Å². The van der Waals surface area contributed by atoms with E-state index in [4.69, 9.17) is 5.73 Å². The summed E-state index contributed by atoms with van der Waals surface area (Å²) < 4.78 is 0. The van der Waals surface area contributed by atoms with E-state index in [1.54, 1.807) is 0 Å². The smallest absolute Gasteiger partial charge is 0.0647 e. The van der Waals surface area contributed by atoms with Crippen LogP contribution in [0.25, 0.3) is 0 Å². The molecule has 0 amide bonds. The number of hydrogen-bond acceptors (Lipinski definition) is 3. The molecule has 3 N–H and O–H groups in total. The number of para-hydroxylation sites is 1. The fourth-order valence-electron chi connectivity index (χ4n) is 2.18. The largest absolute Gasteiger partial charge is 0.377 e. The van der Waals surface area contributed by atoms with E-state index in [1.807, 2.05) is 11.3 Å². The van der Waals surface area contributed by atoms with Crippen molar-refractivity contribution in [3.8, 4) is 0 Å². The molecule has 0 saturated heterocycles. The van der Waals surface area contributed by atoms with E-state index in [0.717, 1.165) is 5.69 Å². The molecule has 1 aromatic heterocycles. The molecule has 0 radical (unpaired) electrons. The predicted molar refractivity (Wildman–Crippen MR) is 80.4 cm³/mol. The average Bonchev–Trinajstić information content (AvgIpc) is 2.67.